The maximum Gasteiger partial charge on any atom is 0.251 e. The van der Waals surface area contributed by atoms with E-state index in [4.69, 9.17) is 4.74 Å². The maximum absolute atomic E-state index is 12.5. The molecule has 0 bridgehead atoms. The molecule has 0 aromatic heterocycles. The van der Waals surface area contributed by atoms with Crippen LogP contribution in [0.25, 0.3) is 0 Å². The van der Waals surface area contributed by atoms with Gasteiger partial charge < -0.3 is 10.1 Å². The van der Waals surface area contributed by atoms with Crippen LogP contribution in [0.5, 0.6) is 0 Å². The van der Waals surface area contributed by atoms with Crippen LogP contribution in [0.2, 0.25) is 0 Å². The van der Waals surface area contributed by atoms with Crippen molar-refractivity contribution in [3.8, 4) is 0 Å². The van der Waals surface area contributed by atoms with E-state index in [0.717, 1.165) is 19.3 Å². The van der Waals surface area contributed by atoms with Gasteiger partial charge in [0.25, 0.3) is 5.91 Å². The van der Waals surface area contributed by atoms with Gasteiger partial charge in [0.05, 0.1) is 11.5 Å². The summed E-state index contributed by atoms with van der Waals surface area (Å²) in [6, 6.07) is 6.29. The van der Waals surface area contributed by atoms with Gasteiger partial charge in [0, 0.05) is 25.3 Å². The Morgan fingerprint density at radius 1 is 1.23 bits per heavy atom. The molecule has 1 saturated carbocycles. The lowest BCUT2D eigenvalue weighted by atomic mass is 9.96. The van der Waals surface area contributed by atoms with Crippen LogP contribution in [0, 0.1) is 5.92 Å². The summed E-state index contributed by atoms with van der Waals surface area (Å²) in [5.74, 6) is 0.429. The number of unbranched alkanes of at least 4 members (excludes halogenated alkanes) is 1. The van der Waals surface area contributed by atoms with E-state index in [9.17, 15) is 13.2 Å². The molecule has 0 radical (unpaired) electrons. The first kappa shape index (κ1) is 20.9. The third-order valence-corrected chi connectivity index (χ3v) is 6.41. The van der Waals surface area contributed by atoms with Crippen LogP contribution in [-0.4, -0.2) is 40.6 Å². The summed E-state index contributed by atoms with van der Waals surface area (Å²) in [6.45, 7) is 2.70. The number of nitrogens with one attached hydrogen (secondary N) is 2. The number of ether oxygens (including phenoxy) is 1. The number of carbonyl (C=O) groups is 1. The highest BCUT2D eigenvalue weighted by Crippen LogP contribution is 2.30. The molecule has 1 aliphatic carbocycles. The van der Waals surface area contributed by atoms with Gasteiger partial charge in [-0.05, 0) is 49.4 Å². The van der Waals surface area contributed by atoms with Gasteiger partial charge >= 0.3 is 0 Å². The molecular weight excluding hydrogens is 352 g/mol. The van der Waals surface area contributed by atoms with Crippen molar-refractivity contribution < 1.29 is 17.9 Å². The van der Waals surface area contributed by atoms with Gasteiger partial charge in [-0.15, -0.1) is 0 Å². The van der Waals surface area contributed by atoms with E-state index in [-0.39, 0.29) is 23.4 Å². The minimum Gasteiger partial charge on any atom is -0.383 e. The number of benzene rings is 1. The maximum atomic E-state index is 12.5. The fourth-order valence-corrected chi connectivity index (χ4v) is 4.45. The SMILES string of the molecule is CCCCC1CCCC1NC(=O)c1ccc(S(=O)(=O)NCCOC)cc1. The van der Waals surface area contributed by atoms with E-state index in [2.05, 4.69) is 17.0 Å². The molecule has 0 saturated heterocycles. The Hall–Kier alpha value is -1.44. The monoisotopic (exact) mass is 382 g/mol. The Balaban J connectivity index is 1.96. The van der Waals surface area contributed by atoms with Crippen molar-refractivity contribution in [1.82, 2.24) is 10.0 Å². The molecule has 2 N–H and O–H groups in total. The van der Waals surface area contributed by atoms with Gasteiger partial charge in [-0.3, -0.25) is 4.79 Å². The third-order valence-electron chi connectivity index (χ3n) is 4.93. The van der Waals surface area contributed by atoms with E-state index in [0.29, 0.717) is 18.1 Å². The van der Waals surface area contributed by atoms with Gasteiger partial charge in [-0.25, -0.2) is 13.1 Å². The molecular formula is C19H30N2O4S. The standard InChI is InChI=1S/C19H30N2O4S/c1-3-4-6-15-7-5-8-18(15)21-19(22)16-9-11-17(12-10-16)26(23,24)20-13-14-25-2/h9-12,15,18,20H,3-8,13-14H2,1-2H3,(H,21,22). The second kappa shape index (κ2) is 10.0. The molecule has 1 aromatic carbocycles. The molecule has 7 heteroatoms. The van der Waals surface area contributed by atoms with Crippen LogP contribution >= 0.6 is 0 Å². The number of hydrogen-bond donors (Lipinski definition) is 2. The summed E-state index contributed by atoms with van der Waals surface area (Å²) in [6.07, 6.45) is 6.88. The average molecular weight is 383 g/mol. The van der Waals surface area contributed by atoms with E-state index >= 15 is 0 Å². The first-order chi connectivity index (χ1) is 12.5. The number of sulfonamides is 1. The van der Waals surface area contributed by atoms with Crippen molar-refractivity contribution in [2.75, 3.05) is 20.3 Å². The lowest BCUT2D eigenvalue weighted by Crippen LogP contribution is -2.37. The minimum absolute atomic E-state index is 0.130. The number of methoxy groups -OCH3 is 1. The highest BCUT2D eigenvalue weighted by molar-refractivity contribution is 7.89. The van der Waals surface area contributed by atoms with Crippen LogP contribution in [0.4, 0.5) is 0 Å². The highest BCUT2D eigenvalue weighted by atomic mass is 32.2. The van der Waals surface area contributed by atoms with Gasteiger partial charge in [-0.1, -0.05) is 26.2 Å². The zero-order valence-corrected chi connectivity index (χ0v) is 16.5. The largest absolute Gasteiger partial charge is 0.383 e. The smallest absolute Gasteiger partial charge is 0.251 e. The minimum atomic E-state index is -3.58. The Bertz CT molecular complexity index is 673. The fraction of sp³-hybridized carbons (Fsp3) is 0.632. The van der Waals surface area contributed by atoms with E-state index in [1.54, 1.807) is 12.1 Å². The van der Waals surface area contributed by atoms with Crippen LogP contribution < -0.4 is 10.0 Å². The third kappa shape index (κ3) is 5.79. The lowest BCUT2D eigenvalue weighted by Gasteiger charge is -2.21. The molecule has 0 aliphatic heterocycles. The second-order valence-corrected chi connectivity index (χ2v) is 8.60. The second-order valence-electron chi connectivity index (χ2n) is 6.83. The highest BCUT2D eigenvalue weighted by Gasteiger charge is 2.28. The predicted octanol–water partition coefficient (Wildman–Crippen LogP) is 2.70. The zero-order valence-electron chi connectivity index (χ0n) is 15.7. The molecule has 146 valence electrons. The van der Waals surface area contributed by atoms with Crippen molar-refractivity contribution in [3.63, 3.8) is 0 Å². The average Bonchev–Trinajstić information content (AvgIpc) is 3.07. The molecule has 1 amide bonds. The van der Waals surface area contributed by atoms with Crippen molar-refractivity contribution >= 4 is 15.9 Å². The number of rotatable bonds is 10. The quantitative estimate of drug-likeness (QED) is 0.610. The van der Waals surface area contributed by atoms with Gasteiger partial charge in [0.15, 0.2) is 0 Å². The molecule has 26 heavy (non-hydrogen) atoms. The topological polar surface area (TPSA) is 84.5 Å². The summed E-state index contributed by atoms with van der Waals surface area (Å²) in [4.78, 5) is 12.6. The molecule has 6 nitrogen and oxygen atoms in total. The van der Waals surface area contributed by atoms with Gasteiger partial charge in [0.1, 0.15) is 0 Å². The van der Waals surface area contributed by atoms with Gasteiger partial charge in [0.2, 0.25) is 10.0 Å². The molecule has 2 rings (SSSR count). The van der Waals surface area contributed by atoms with Crippen molar-refractivity contribution in [3.05, 3.63) is 29.8 Å². The molecule has 1 aromatic rings. The van der Waals surface area contributed by atoms with Crippen molar-refractivity contribution in [1.29, 1.82) is 0 Å². The van der Waals surface area contributed by atoms with Crippen LogP contribution in [0.15, 0.2) is 29.2 Å². The normalized spacial score (nSPS) is 20.2. The summed E-state index contributed by atoms with van der Waals surface area (Å²) in [7, 11) is -2.07. The number of carbonyl (C=O) groups excluding carboxylic acids is 1. The summed E-state index contributed by atoms with van der Waals surface area (Å²) < 4.78 is 31.6. The zero-order chi connectivity index (χ0) is 19.0. The molecule has 1 aliphatic rings. The predicted molar refractivity (Wildman–Crippen MR) is 102 cm³/mol. The number of hydrogen-bond acceptors (Lipinski definition) is 4. The Labute approximate surface area is 156 Å². The molecule has 0 heterocycles. The lowest BCUT2D eigenvalue weighted by molar-refractivity contribution is 0.0926. The molecule has 0 spiro atoms. The number of amides is 1. The first-order valence-corrected chi connectivity index (χ1v) is 10.9. The van der Waals surface area contributed by atoms with E-state index < -0.39 is 10.0 Å². The Morgan fingerprint density at radius 2 is 1.96 bits per heavy atom. The molecule has 2 atom stereocenters. The van der Waals surface area contributed by atoms with Crippen LogP contribution in [-0.2, 0) is 14.8 Å². The Morgan fingerprint density at radius 3 is 2.62 bits per heavy atom. The van der Waals surface area contributed by atoms with E-state index in [1.165, 1.54) is 38.5 Å². The molecule has 1 fully saturated rings. The fourth-order valence-electron chi connectivity index (χ4n) is 3.44. The summed E-state index contributed by atoms with van der Waals surface area (Å²) >= 11 is 0. The summed E-state index contributed by atoms with van der Waals surface area (Å²) in [5.41, 5.74) is 0.488. The first-order valence-electron chi connectivity index (χ1n) is 9.37. The van der Waals surface area contributed by atoms with Crippen LogP contribution in [0.3, 0.4) is 0 Å². The van der Waals surface area contributed by atoms with Crippen molar-refractivity contribution in [2.24, 2.45) is 5.92 Å². The molecule has 2 unspecified atom stereocenters. The Kier molecular flexibility index (Phi) is 8.06. The van der Waals surface area contributed by atoms with Gasteiger partial charge in [-0.2, -0.15) is 0 Å². The van der Waals surface area contributed by atoms with Crippen molar-refractivity contribution in [2.45, 2.75) is 56.4 Å². The van der Waals surface area contributed by atoms with Crippen LogP contribution in [0.1, 0.15) is 55.8 Å². The van der Waals surface area contributed by atoms with E-state index in [1.807, 2.05) is 0 Å². The summed E-state index contributed by atoms with van der Waals surface area (Å²) in [5, 5.41) is 3.13.